The smallest absolute Gasteiger partial charge is 0.335 e. The van der Waals surface area contributed by atoms with Gasteiger partial charge in [-0.1, -0.05) is 12.1 Å². The Morgan fingerprint density at radius 1 is 1.30 bits per heavy atom. The zero-order valence-electron chi connectivity index (χ0n) is 12.4. The molecule has 0 unspecified atom stereocenters. The molecule has 0 saturated carbocycles. The summed E-state index contributed by atoms with van der Waals surface area (Å²) < 4.78 is 37.5. The first-order valence-electron chi connectivity index (χ1n) is 6.93. The third-order valence-electron chi connectivity index (χ3n) is 3.08. The van der Waals surface area contributed by atoms with Crippen LogP contribution in [-0.2, 0) is 19.1 Å². The molecular formula is C15H16F3N3OS. The molecule has 4 nitrogen and oxygen atoms in total. The third-order valence-corrected chi connectivity index (χ3v) is 3.86. The number of aromatic nitrogens is 1. The average molecular weight is 343 g/mol. The maximum absolute atomic E-state index is 12.5. The van der Waals surface area contributed by atoms with E-state index in [1.807, 2.05) is 5.38 Å². The van der Waals surface area contributed by atoms with E-state index in [2.05, 4.69) is 15.6 Å². The number of carbonyl (C=O) groups is 1. The molecule has 124 valence electrons. The molecule has 1 aromatic heterocycles. The van der Waals surface area contributed by atoms with Crippen LogP contribution in [0.3, 0.4) is 0 Å². The molecular weight excluding hydrogens is 327 g/mol. The Morgan fingerprint density at radius 2 is 2.00 bits per heavy atom. The van der Waals surface area contributed by atoms with Crippen molar-refractivity contribution in [1.82, 2.24) is 15.6 Å². The molecule has 0 spiro atoms. The summed E-state index contributed by atoms with van der Waals surface area (Å²) >= 11 is 1.44. The largest absolute Gasteiger partial charge is 0.416 e. The molecule has 2 N–H and O–H groups in total. The molecule has 1 atom stereocenters. The molecule has 2 amide bonds. The number of hydrogen-bond donors (Lipinski definition) is 2. The lowest BCUT2D eigenvalue weighted by molar-refractivity contribution is -0.137. The highest BCUT2D eigenvalue weighted by atomic mass is 32.1. The monoisotopic (exact) mass is 343 g/mol. The van der Waals surface area contributed by atoms with Gasteiger partial charge in [0.25, 0.3) is 0 Å². The van der Waals surface area contributed by atoms with Crippen LogP contribution in [0.5, 0.6) is 0 Å². The van der Waals surface area contributed by atoms with Gasteiger partial charge in [-0.3, -0.25) is 0 Å². The van der Waals surface area contributed by atoms with Gasteiger partial charge in [0, 0.05) is 17.6 Å². The van der Waals surface area contributed by atoms with Gasteiger partial charge >= 0.3 is 12.2 Å². The highest BCUT2D eigenvalue weighted by Crippen LogP contribution is 2.29. The van der Waals surface area contributed by atoms with Crippen LogP contribution in [0.2, 0.25) is 0 Å². The normalized spacial score (nSPS) is 12.7. The molecule has 2 rings (SSSR count). The molecule has 0 radical (unpaired) electrons. The van der Waals surface area contributed by atoms with Gasteiger partial charge in [0.15, 0.2) is 0 Å². The fourth-order valence-corrected chi connectivity index (χ4v) is 2.56. The van der Waals surface area contributed by atoms with E-state index in [1.54, 1.807) is 13.1 Å². The molecule has 0 aliphatic rings. The summed E-state index contributed by atoms with van der Waals surface area (Å²) in [4.78, 5) is 15.8. The molecule has 0 aliphatic heterocycles. The number of nitrogens with one attached hydrogen (secondary N) is 2. The van der Waals surface area contributed by atoms with Crippen LogP contribution >= 0.6 is 11.3 Å². The summed E-state index contributed by atoms with van der Waals surface area (Å²) in [5.41, 5.74) is 0.0498. The number of hydrogen-bond acceptors (Lipinski definition) is 3. The maximum Gasteiger partial charge on any atom is 0.416 e. The van der Waals surface area contributed by atoms with Crippen LogP contribution in [0.25, 0.3) is 0 Å². The Labute approximate surface area is 135 Å². The Kier molecular flexibility index (Phi) is 5.59. The zero-order chi connectivity index (χ0) is 16.9. The van der Waals surface area contributed by atoms with Crippen molar-refractivity contribution in [2.45, 2.75) is 32.1 Å². The predicted molar refractivity (Wildman–Crippen MR) is 82.1 cm³/mol. The van der Waals surface area contributed by atoms with E-state index in [4.69, 9.17) is 0 Å². The Hall–Kier alpha value is -2.09. The summed E-state index contributed by atoms with van der Waals surface area (Å²) in [5, 5.41) is 8.04. The summed E-state index contributed by atoms with van der Waals surface area (Å²) in [6, 6.07) is 4.40. The van der Waals surface area contributed by atoms with Crippen molar-refractivity contribution < 1.29 is 18.0 Å². The minimum Gasteiger partial charge on any atom is -0.335 e. The van der Waals surface area contributed by atoms with Crippen molar-refractivity contribution in [1.29, 1.82) is 0 Å². The zero-order valence-corrected chi connectivity index (χ0v) is 13.2. The van der Waals surface area contributed by atoms with Crippen molar-refractivity contribution in [2.24, 2.45) is 0 Å². The highest BCUT2D eigenvalue weighted by molar-refractivity contribution is 7.09. The Bertz CT molecular complexity index is 626. The minimum absolute atomic E-state index is 0.206. The highest BCUT2D eigenvalue weighted by Gasteiger charge is 2.29. The van der Waals surface area contributed by atoms with Crippen LogP contribution in [0.4, 0.5) is 18.0 Å². The minimum atomic E-state index is -4.34. The summed E-state index contributed by atoms with van der Waals surface area (Å²) in [5.74, 6) is 0. The maximum atomic E-state index is 12.5. The second-order valence-corrected chi connectivity index (χ2v) is 6.03. The van der Waals surface area contributed by atoms with Crippen molar-refractivity contribution in [3.05, 3.63) is 52.0 Å². The van der Waals surface area contributed by atoms with Gasteiger partial charge in [0.2, 0.25) is 0 Å². The van der Waals surface area contributed by atoms with Gasteiger partial charge < -0.3 is 10.6 Å². The van der Waals surface area contributed by atoms with E-state index in [1.165, 1.54) is 23.5 Å². The van der Waals surface area contributed by atoms with Gasteiger partial charge in [0.1, 0.15) is 5.01 Å². The lowest BCUT2D eigenvalue weighted by atomic mass is 10.1. The van der Waals surface area contributed by atoms with Crippen LogP contribution < -0.4 is 10.6 Å². The number of carbonyl (C=O) groups excluding carboxylic acids is 1. The molecule has 0 bridgehead atoms. The predicted octanol–water partition coefficient (Wildman–Crippen LogP) is 3.59. The first-order valence-corrected chi connectivity index (χ1v) is 7.81. The molecule has 1 aromatic carbocycles. The second-order valence-electron chi connectivity index (χ2n) is 5.05. The SMILES string of the molecule is C[C@@H](Cc1ccc(C(F)(F)F)cc1)NC(=O)NCc1nccs1. The molecule has 8 heteroatoms. The number of thiazole rings is 1. The van der Waals surface area contributed by atoms with Crippen LogP contribution in [-0.4, -0.2) is 17.1 Å². The number of alkyl halides is 3. The van der Waals surface area contributed by atoms with Crippen molar-refractivity contribution >= 4 is 17.4 Å². The Morgan fingerprint density at radius 3 is 2.57 bits per heavy atom. The van der Waals surface area contributed by atoms with Crippen LogP contribution in [0.15, 0.2) is 35.8 Å². The van der Waals surface area contributed by atoms with Gasteiger partial charge in [-0.25, -0.2) is 9.78 Å². The van der Waals surface area contributed by atoms with Gasteiger partial charge in [-0.15, -0.1) is 11.3 Å². The number of amides is 2. The van der Waals surface area contributed by atoms with Crippen molar-refractivity contribution in [3.63, 3.8) is 0 Å². The van der Waals surface area contributed by atoms with Gasteiger partial charge in [-0.2, -0.15) is 13.2 Å². The number of urea groups is 1. The lowest BCUT2D eigenvalue weighted by Gasteiger charge is -2.15. The summed E-state index contributed by atoms with van der Waals surface area (Å²) in [6.07, 6.45) is -2.23. The van der Waals surface area contributed by atoms with Gasteiger partial charge in [0.05, 0.1) is 12.1 Å². The second kappa shape index (κ2) is 7.45. The van der Waals surface area contributed by atoms with Crippen LogP contribution in [0.1, 0.15) is 23.1 Å². The first kappa shape index (κ1) is 17.3. The molecule has 0 fully saturated rings. The van der Waals surface area contributed by atoms with E-state index < -0.39 is 11.7 Å². The van der Waals surface area contributed by atoms with E-state index in [0.29, 0.717) is 13.0 Å². The first-order chi connectivity index (χ1) is 10.8. The summed E-state index contributed by atoms with van der Waals surface area (Å²) in [7, 11) is 0. The molecule has 0 aliphatic carbocycles. The fraction of sp³-hybridized carbons (Fsp3) is 0.333. The Balaban J connectivity index is 1.79. The topological polar surface area (TPSA) is 54.0 Å². The molecule has 0 saturated heterocycles. The number of halogens is 3. The standard InChI is InChI=1S/C15H16F3N3OS/c1-10(21-14(22)20-9-13-19-6-7-23-13)8-11-2-4-12(5-3-11)15(16,17)18/h2-7,10H,8-9H2,1H3,(H2,20,21,22)/t10-/m0/s1. The van der Waals surface area contributed by atoms with E-state index >= 15 is 0 Å². The quantitative estimate of drug-likeness (QED) is 0.872. The van der Waals surface area contributed by atoms with E-state index in [-0.39, 0.29) is 12.1 Å². The number of benzene rings is 1. The lowest BCUT2D eigenvalue weighted by Crippen LogP contribution is -2.41. The van der Waals surface area contributed by atoms with Crippen LogP contribution in [0, 0.1) is 0 Å². The van der Waals surface area contributed by atoms with E-state index in [9.17, 15) is 18.0 Å². The number of rotatable bonds is 5. The van der Waals surface area contributed by atoms with Crippen molar-refractivity contribution in [3.8, 4) is 0 Å². The number of nitrogens with zero attached hydrogens (tertiary/aromatic N) is 1. The fourth-order valence-electron chi connectivity index (χ4n) is 2.01. The average Bonchev–Trinajstić information content (AvgIpc) is 2.98. The third kappa shape index (κ3) is 5.55. The van der Waals surface area contributed by atoms with Gasteiger partial charge in [-0.05, 0) is 31.0 Å². The molecule has 23 heavy (non-hydrogen) atoms. The molecule has 2 aromatic rings. The molecule has 1 heterocycles. The summed E-state index contributed by atoms with van der Waals surface area (Å²) in [6.45, 7) is 2.14. The van der Waals surface area contributed by atoms with E-state index in [0.717, 1.165) is 22.7 Å². The van der Waals surface area contributed by atoms with Crippen molar-refractivity contribution in [2.75, 3.05) is 0 Å².